The molecule has 1 aliphatic heterocycles. The van der Waals surface area contributed by atoms with Gasteiger partial charge in [0.1, 0.15) is 0 Å². The number of hydrogen-bond donors (Lipinski definition) is 0. The van der Waals surface area contributed by atoms with Crippen LogP contribution in [0.25, 0.3) is 0 Å². The van der Waals surface area contributed by atoms with Crippen LogP contribution in [-0.4, -0.2) is 24.5 Å². The zero-order chi connectivity index (χ0) is 10.8. The molecule has 0 amide bonds. The number of piperidine rings is 1. The van der Waals surface area contributed by atoms with Crippen LogP contribution in [0.1, 0.15) is 46.5 Å². The Hall–Kier alpha value is -0.0400. The quantitative estimate of drug-likeness (QED) is 0.686. The Morgan fingerprint density at radius 3 is 2.53 bits per heavy atom. The number of nitrogens with zero attached hydrogens (tertiary/aromatic N) is 1. The maximum absolute atomic E-state index is 2.74. The number of likely N-dealkylation sites (tertiary alicyclic amines) is 1. The van der Waals surface area contributed by atoms with Gasteiger partial charge >= 0.3 is 0 Å². The van der Waals surface area contributed by atoms with Crippen LogP contribution in [-0.2, 0) is 0 Å². The van der Waals surface area contributed by atoms with Crippen molar-refractivity contribution in [3.63, 3.8) is 0 Å². The second kappa shape index (κ2) is 4.86. The molecule has 1 saturated heterocycles. The molecule has 0 bridgehead atoms. The molecule has 0 spiro atoms. The van der Waals surface area contributed by atoms with Crippen LogP contribution >= 0.6 is 0 Å². The van der Waals surface area contributed by atoms with Gasteiger partial charge in [-0.05, 0) is 55.9 Å². The van der Waals surface area contributed by atoms with Crippen molar-refractivity contribution in [1.29, 1.82) is 0 Å². The van der Waals surface area contributed by atoms with Gasteiger partial charge in [0.2, 0.25) is 0 Å². The second-order valence-electron chi connectivity index (χ2n) is 6.36. The third-order valence-corrected chi connectivity index (χ3v) is 4.19. The van der Waals surface area contributed by atoms with Crippen molar-refractivity contribution >= 4 is 0 Å². The molecular weight excluding hydrogens is 182 g/mol. The van der Waals surface area contributed by atoms with Gasteiger partial charge < -0.3 is 4.90 Å². The topological polar surface area (TPSA) is 3.24 Å². The zero-order valence-electron chi connectivity index (χ0n) is 10.7. The summed E-state index contributed by atoms with van der Waals surface area (Å²) >= 11 is 0. The molecule has 0 aromatic heterocycles. The maximum atomic E-state index is 2.74. The SMILES string of the molecule is CC(C)CC1CN(CC2CC2)CC[C@@H]1C. The Bertz CT molecular complexity index is 196. The molecule has 15 heavy (non-hydrogen) atoms. The second-order valence-corrected chi connectivity index (χ2v) is 6.36. The maximum Gasteiger partial charge on any atom is 0.00124 e. The van der Waals surface area contributed by atoms with Gasteiger partial charge in [-0.15, -0.1) is 0 Å². The molecule has 0 N–H and O–H groups in total. The summed E-state index contributed by atoms with van der Waals surface area (Å²) < 4.78 is 0. The Morgan fingerprint density at radius 2 is 1.93 bits per heavy atom. The highest BCUT2D eigenvalue weighted by Crippen LogP contribution is 2.33. The fourth-order valence-corrected chi connectivity index (χ4v) is 2.97. The summed E-state index contributed by atoms with van der Waals surface area (Å²) in [4.78, 5) is 2.74. The van der Waals surface area contributed by atoms with Crippen LogP contribution in [0.3, 0.4) is 0 Å². The molecule has 0 radical (unpaired) electrons. The summed E-state index contributed by atoms with van der Waals surface area (Å²) in [6, 6.07) is 0. The lowest BCUT2D eigenvalue weighted by Gasteiger charge is -2.38. The molecule has 2 rings (SSSR count). The minimum absolute atomic E-state index is 0.873. The van der Waals surface area contributed by atoms with Crippen molar-refractivity contribution in [3.8, 4) is 0 Å². The molecule has 1 aliphatic carbocycles. The Morgan fingerprint density at radius 1 is 1.20 bits per heavy atom. The fraction of sp³-hybridized carbons (Fsp3) is 1.00. The minimum Gasteiger partial charge on any atom is -0.303 e. The summed E-state index contributed by atoms with van der Waals surface area (Å²) in [5.41, 5.74) is 0. The molecule has 0 aromatic carbocycles. The molecule has 88 valence electrons. The van der Waals surface area contributed by atoms with E-state index in [1.165, 1.54) is 45.3 Å². The van der Waals surface area contributed by atoms with E-state index in [1.807, 2.05) is 0 Å². The molecule has 2 aliphatic rings. The van der Waals surface area contributed by atoms with E-state index in [-0.39, 0.29) is 0 Å². The van der Waals surface area contributed by atoms with Gasteiger partial charge in [-0.2, -0.15) is 0 Å². The Kier molecular flexibility index (Phi) is 3.71. The van der Waals surface area contributed by atoms with Gasteiger partial charge in [-0.1, -0.05) is 20.8 Å². The molecule has 1 unspecified atom stereocenters. The molecule has 1 heterocycles. The molecular formula is C14H27N. The van der Waals surface area contributed by atoms with Crippen LogP contribution in [0.5, 0.6) is 0 Å². The number of hydrogen-bond acceptors (Lipinski definition) is 1. The molecule has 1 heteroatoms. The largest absolute Gasteiger partial charge is 0.303 e. The van der Waals surface area contributed by atoms with Crippen molar-refractivity contribution in [2.45, 2.75) is 46.5 Å². The average Bonchev–Trinajstić information content (AvgIpc) is 2.94. The van der Waals surface area contributed by atoms with Gasteiger partial charge in [0.05, 0.1) is 0 Å². The van der Waals surface area contributed by atoms with E-state index < -0.39 is 0 Å². The van der Waals surface area contributed by atoms with Crippen molar-refractivity contribution < 1.29 is 0 Å². The minimum atomic E-state index is 0.873. The molecule has 1 nitrogen and oxygen atoms in total. The molecule has 0 aromatic rings. The normalized spacial score (nSPS) is 33.6. The first kappa shape index (κ1) is 11.4. The van der Waals surface area contributed by atoms with Crippen LogP contribution < -0.4 is 0 Å². The number of rotatable bonds is 4. The van der Waals surface area contributed by atoms with Gasteiger partial charge in [0, 0.05) is 13.1 Å². The van der Waals surface area contributed by atoms with Crippen molar-refractivity contribution in [1.82, 2.24) is 4.90 Å². The summed E-state index contributed by atoms with van der Waals surface area (Å²) in [5, 5.41) is 0. The summed E-state index contributed by atoms with van der Waals surface area (Å²) in [6.07, 6.45) is 5.87. The lowest BCUT2D eigenvalue weighted by Crippen LogP contribution is -2.41. The van der Waals surface area contributed by atoms with Crippen LogP contribution in [0.2, 0.25) is 0 Å². The Labute approximate surface area is 95.2 Å². The van der Waals surface area contributed by atoms with Crippen molar-refractivity contribution in [3.05, 3.63) is 0 Å². The van der Waals surface area contributed by atoms with E-state index in [4.69, 9.17) is 0 Å². The third kappa shape index (κ3) is 3.48. The van der Waals surface area contributed by atoms with Gasteiger partial charge in [-0.25, -0.2) is 0 Å². The van der Waals surface area contributed by atoms with E-state index in [0.717, 1.165) is 23.7 Å². The van der Waals surface area contributed by atoms with Gasteiger partial charge in [0.15, 0.2) is 0 Å². The average molecular weight is 209 g/mol. The molecule has 1 saturated carbocycles. The first-order valence-electron chi connectivity index (χ1n) is 6.87. The van der Waals surface area contributed by atoms with E-state index in [2.05, 4.69) is 25.7 Å². The van der Waals surface area contributed by atoms with E-state index in [9.17, 15) is 0 Å². The lowest BCUT2D eigenvalue weighted by molar-refractivity contribution is 0.109. The third-order valence-electron chi connectivity index (χ3n) is 4.19. The Balaban J connectivity index is 1.79. The van der Waals surface area contributed by atoms with Crippen LogP contribution in [0, 0.1) is 23.7 Å². The summed E-state index contributed by atoms with van der Waals surface area (Å²) in [6.45, 7) is 11.4. The smallest absolute Gasteiger partial charge is 0.00124 e. The van der Waals surface area contributed by atoms with Gasteiger partial charge in [-0.3, -0.25) is 0 Å². The highest BCUT2D eigenvalue weighted by molar-refractivity contribution is 4.83. The van der Waals surface area contributed by atoms with Crippen molar-refractivity contribution in [2.75, 3.05) is 19.6 Å². The summed E-state index contributed by atoms with van der Waals surface area (Å²) in [7, 11) is 0. The predicted octanol–water partition coefficient (Wildman–Crippen LogP) is 3.40. The van der Waals surface area contributed by atoms with Crippen LogP contribution in [0.4, 0.5) is 0 Å². The zero-order valence-corrected chi connectivity index (χ0v) is 10.7. The lowest BCUT2D eigenvalue weighted by atomic mass is 9.81. The first-order chi connectivity index (χ1) is 7.15. The standard InChI is InChI=1S/C14H27N/c1-11(2)8-14-10-15(7-6-12(14)3)9-13-4-5-13/h11-14H,4-10H2,1-3H3/t12-,14?/m0/s1. The van der Waals surface area contributed by atoms with Crippen molar-refractivity contribution in [2.24, 2.45) is 23.7 Å². The van der Waals surface area contributed by atoms with E-state index >= 15 is 0 Å². The highest BCUT2D eigenvalue weighted by Gasteiger charge is 2.30. The van der Waals surface area contributed by atoms with E-state index in [1.54, 1.807) is 0 Å². The van der Waals surface area contributed by atoms with E-state index in [0.29, 0.717) is 0 Å². The van der Waals surface area contributed by atoms with Gasteiger partial charge in [0.25, 0.3) is 0 Å². The monoisotopic (exact) mass is 209 g/mol. The predicted molar refractivity (Wildman–Crippen MR) is 65.9 cm³/mol. The highest BCUT2D eigenvalue weighted by atomic mass is 15.1. The fourth-order valence-electron chi connectivity index (χ4n) is 2.97. The van der Waals surface area contributed by atoms with Crippen LogP contribution in [0.15, 0.2) is 0 Å². The molecule has 2 fully saturated rings. The summed E-state index contributed by atoms with van der Waals surface area (Å²) in [5.74, 6) is 3.87. The first-order valence-corrected chi connectivity index (χ1v) is 6.87. The molecule has 2 atom stereocenters.